The lowest BCUT2D eigenvalue weighted by atomic mass is 9.77. The summed E-state index contributed by atoms with van der Waals surface area (Å²) < 4.78 is 28.5. The molecule has 3 aliphatic rings. The van der Waals surface area contributed by atoms with Gasteiger partial charge in [0.2, 0.25) is 5.69 Å². The second-order valence-electron chi connectivity index (χ2n) is 12.9. The molecule has 0 unspecified atom stereocenters. The quantitative estimate of drug-likeness (QED) is 0.209. The first-order valence-electron chi connectivity index (χ1n) is 13.7. The van der Waals surface area contributed by atoms with Gasteiger partial charge in [-0.15, -0.1) is 0 Å². The van der Waals surface area contributed by atoms with Crippen LogP contribution in [-0.2, 0) is 30.0 Å². The standard InChI is InChI=1S/C26H42N5O4PS2Si/c1-16(2)17-9-10-26(6)20(11-17)35-36(37,38-26)34-18-12-21(31-15-30-22-23(27)28-14-29-24(22)31)33-19(18)13-32-39(7,8)25(3,4)5/h14-15,17-21H,1,9-13H2,2-8H3,(H2,27,28,29)/t17-,18+,19-,20+,21-,26+,36+/m1/s1. The Labute approximate surface area is 242 Å². The van der Waals surface area contributed by atoms with Crippen molar-refractivity contribution in [3.8, 4) is 0 Å². The van der Waals surface area contributed by atoms with Crippen molar-refractivity contribution in [2.24, 2.45) is 5.92 Å². The van der Waals surface area contributed by atoms with E-state index in [1.165, 1.54) is 11.9 Å². The molecule has 13 heteroatoms. The van der Waals surface area contributed by atoms with Gasteiger partial charge in [0.05, 0.1) is 25.1 Å². The summed E-state index contributed by atoms with van der Waals surface area (Å²) in [4.78, 5) is 12.9. The first kappa shape index (κ1) is 29.6. The maximum Gasteiger partial charge on any atom is 0.248 e. The van der Waals surface area contributed by atoms with Gasteiger partial charge in [-0.1, -0.05) is 44.3 Å². The zero-order valence-electron chi connectivity index (χ0n) is 24.0. The molecule has 9 nitrogen and oxygen atoms in total. The molecule has 0 amide bonds. The van der Waals surface area contributed by atoms with Crippen LogP contribution >= 0.6 is 17.1 Å². The van der Waals surface area contributed by atoms with E-state index < -0.39 is 14.0 Å². The average molecular weight is 612 g/mol. The van der Waals surface area contributed by atoms with Gasteiger partial charge < -0.3 is 23.9 Å². The molecule has 0 spiro atoms. The summed E-state index contributed by atoms with van der Waals surface area (Å²) in [7, 11) is -2.01. The van der Waals surface area contributed by atoms with Crippen LogP contribution in [0.4, 0.5) is 5.82 Å². The van der Waals surface area contributed by atoms with Crippen molar-refractivity contribution in [1.82, 2.24) is 19.5 Å². The summed E-state index contributed by atoms with van der Waals surface area (Å²) in [6.45, 7) is 20.2. The van der Waals surface area contributed by atoms with Crippen LogP contribution < -0.4 is 5.73 Å². The summed E-state index contributed by atoms with van der Waals surface area (Å²) in [5.41, 5.74) is 5.84. The Balaban J connectivity index is 1.38. The molecule has 2 aliphatic heterocycles. The van der Waals surface area contributed by atoms with Gasteiger partial charge in [-0.2, -0.15) is 0 Å². The van der Waals surface area contributed by atoms with E-state index in [0.717, 1.165) is 19.3 Å². The second kappa shape index (κ2) is 10.5. The Hall–Kier alpha value is -0.853. The van der Waals surface area contributed by atoms with Crippen molar-refractivity contribution in [2.75, 3.05) is 12.3 Å². The maximum absolute atomic E-state index is 6.80. The predicted molar refractivity (Wildman–Crippen MR) is 164 cm³/mol. The third-order valence-corrected chi connectivity index (χ3v) is 19.3. The van der Waals surface area contributed by atoms with E-state index in [2.05, 4.69) is 69.2 Å². The van der Waals surface area contributed by atoms with Gasteiger partial charge in [0.15, 0.2) is 19.8 Å². The van der Waals surface area contributed by atoms with E-state index >= 15 is 0 Å². The van der Waals surface area contributed by atoms with Crippen LogP contribution in [0.1, 0.15) is 66.5 Å². The molecule has 1 saturated carbocycles. The first-order valence-corrected chi connectivity index (χ1v) is 20.6. The molecular formula is C26H42N5O4PS2Si. The molecule has 0 bridgehead atoms. The molecule has 2 aromatic heterocycles. The summed E-state index contributed by atoms with van der Waals surface area (Å²) in [6, 6.07) is 0. The van der Waals surface area contributed by atoms with Gasteiger partial charge in [0, 0.05) is 11.2 Å². The van der Waals surface area contributed by atoms with Crippen molar-refractivity contribution in [2.45, 2.75) is 108 Å². The number of imidazole rings is 1. The summed E-state index contributed by atoms with van der Waals surface area (Å²) in [5, 5.41) is 0.0805. The number of anilines is 1. The van der Waals surface area contributed by atoms with Crippen molar-refractivity contribution >= 4 is 54.2 Å². The van der Waals surface area contributed by atoms with E-state index in [1.54, 1.807) is 17.7 Å². The SMILES string of the molecule is C=C(C)[C@@H]1CC[C@]2(C)S[P@@](=S)(O[C@H]3C[C@H](n4cnc5c(N)ncnc54)O[C@@H]3CO[Si](C)(C)C(C)(C)C)O[C@H]2C1. The lowest BCUT2D eigenvalue weighted by molar-refractivity contribution is -0.0370. The Morgan fingerprint density at radius 2 is 2.08 bits per heavy atom. The Morgan fingerprint density at radius 1 is 1.33 bits per heavy atom. The molecule has 4 heterocycles. The lowest BCUT2D eigenvalue weighted by Gasteiger charge is -2.37. The molecule has 216 valence electrons. The Kier molecular flexibility index (Phi) is 7.94. The maximum atomic E-state index is 6.80. The molecule has 1 aliphatic carbocycles. The molecule has 5 rings (SSSR count). The molecule has 7 atom stereocenters. The fourth-order valence-electron chi connectivity index (χ4n) is 5.32. The molecule has 3 fully saturated rings. The van der Waals surface area contributed by atoms with E-state index in [0.29, 0.717) is 35.9 Å². The smallest absolute Gasteiger partial charge is 0.248 e. The van der Waals surface area contributed by atoms with Crippen LogP contribution in [-0.4, -0.2) is 57.5 Å². The van der Waals surface area contributed by atoms with Crippen molar-refractivity contribution in [3.05, 3.63) is 24.8 Å². The fourth-order valence-corrected chi connectivity index (χ4v) is 13.9. The summed E-state index contributed by atoms with van der Waals surface area (Å²) in [5.74, 6) is 0.816. The number of hydrogen-bond donors (Lipinski definition) is 1. The van der Waals surface area contributed by atoms with Crippen LogP contribution in [0, 0.1) is 5.92 Å². The zero-order valence-corrected chi connectivity index (χ0v) is 27.6. The monoisotopic (exact) mass is 611 g/mol. The highest BCUT2D eigenvalue weighted by Gasteiger charge is 2.55. The van der Waals surface area contributed by atoms with Gasteiger partial charge in [0.25, 0.3) is 0 Å². The number of nitrogen functional groups attached to an aromatic ring is 1. The second-order valence-corrected chi connectivity index (χ2v) is 24.3. The van der Waals surface area contributed by atoms with E-state index in [9.17, 15) is 0 Å². The van der Waals surface area contributed by atoms with Crippen LogP contribution in [0.5, 0.6) is 0 Å². The topological polar surface area (TPSA) is 107 Å². The highest BCUT2D eigenvalue weighted by molar-refractivity contribution is 8.68. The molecule has 0 aromatic carbocycles. The van der Waals surface area contributed by atoms with Crippen LogP contribution in [0.2, 0.25) is 18.1 Å². The van der Waals surface area contributed by atoms with Gasteiger partial charge in [-0.3, -0.25) is 4.57 Å². The molecular weight excluding hydrogens is 570 g/mol. The number of aromatic nitrogens is 4. The number of ether oxygens (including phenoxy) is 1. The molecule has 0 radical (unpaired) electrons. The summed E-state index contributed by atoms with van der Waals surface area (Å²) in [6.07, 6.45) is 5.99. The molecule has 2 N–H and O–H groups in total. The van der Waals surface area contributed by atoms with Gasteiger partial charge in [-0.25, -0.2) is 15.0 Å². The molecule has 2 aromatic rings. The minimum absolute atomic E-state index is 0.0392. The highest BCUT2D eigenvalue weighted by Crippen LogP contribution is 2.76. The lowest BCUT2D eigenvalue weighted by Crippen LogP contribution is -2.44. The normalized spacial score (nSPS) is 35.4. The predicted octanol–water partition coefficient (Wildman–Crippen LogP) is 6.59. The van der Waals surface area contributed by atoms with Crippen molar-refractivity contribution in [1.29, 1.82) is 0 Å². The largest absolute Gasteiger partial charge is 0.414 e. The fraction of sp³-hybridized carbons (Fsp3) is 0.731. The van der Waals surface area contributed by atoms with Crippen LogP contribution in [0.15, 0.2) is 24.8 Å². The number of rotatable bonds is 7. The number of allylic oxidation sites excluding steroid dienone is 1. The average Bonchev–Trinajstić information content (AvgIpc) is 3.49. The van der Waals surface area contributed by atoms with Crippen LogP contribution in [0.25, 0.3) is 11.2 Å². The highest BCUT2D eigenvalue weighted by atomic mass is 32.9. The van der Waals surface area contributed by atoms with Crippen molar-refractivity contribution < 1.29 is 18.2 Å². The number of fused-ring (bicyclic) bond motifs is 2. The Bertz CT molecular complexity index is 1300. The minimum atomic E-state index is -2.61. The van der Waals surface area contributed by atoms with Gasteiger partial charge in [0.1, 0.15) is 24.2 Å². The molecule has 2 saturated heterocycles. The van der Waals surface area contributed by atoms with Gasteiger partial charge >= 0.3 is 0 Å². The van der Waals surface area contributed by atoms with E-state index in [1.807, 2.05) is 4.57 Å². The number of nitrogens with zero attached hydrogens (tertiary/aromatic N) is 4. The van der Waals surface area contributed by atoms with E-state index in [-0.39, 0.29) is 34.3 Å². The van der Waals surface area contributed by atoms with Gasteiger partial charge in [-0.05, 0) is 69.0 Å². The summed E-state index contributed by atoms with van der Waals surface area (Å²) >= 11 is 7.90. The third-order valence-electron chi connectivity index (χ3n) is 9.00. The number of nitrogens with two attached hydrogens (primary N) is 1. The zero-order chi connectivity index (χ0) is 28.4. The van der Waals surface area contributed by atoms with E-state index in [4.69, 9.17) is 35.8 Å². The minimum Gasteiger partial charge on any atom is -0.414 e. The van der Waals surface area contributed by atoms with Crippen molar-refractivity contribution in [3.63, 3.8) is 0 Å². The number of hydrogen-bond acceptors (Lipinski definition) is 10. The first-order chi connectivity index (χ1) is 18.1. The Morgan fingerprint density at radius 3 is 2.77 bits per heavy atom. The third kappa shape index (κ3) is 5.77. The molecule has 39 heavy (non-hydrogen) atoms. The van der Waals surface area contributed by atoms with Crippen LogP contribution in [0.3, 0.4) is 0 Å².